The molecule has 2 aromatic heterocycles. The van der Waals surface area contributed by atoms with E-state index < -0.39 is 5.91 Å². The molecule has 1 fully saturated rings. The lowest BCUT2D eigenvalue weighted by molar-refractivity contribution is 0.102. The van der Waals surface area contributed by atoms with E-state index in [9.17, 15) is 9.59 Å². The summed E-state index contributed by atoms with van der Waals surface area (Å²) in [6.07, 6.45) is 1.61. The molecule has 0 bridgehead atoms. The third-order valence-corrected chi connectivity index (χ3v) is 4.16. The van der Waals surface area contributed by atoms with Crippen LogP contribution in [0.3, 0.4) is 0 Å². The largest absolute Gasteiger partial charge is 0.378 e. The van der Waals surface area contributed by atoms with E-state index in [4.69, 9.17) is 4.74 Å². The molecular weight excluding hydrogens is 322 g/mol. The predicted octanol–water partition coefficient (Wildman–Crippen LogP) is 0.881. The number of rotatable bonds is 3. The molecule has 2 aromatic rings. The SMILES string of the molecule is Cc1nc(N2CCOCC2)nc(C)c1NC(=O)c1cccn(C)c1=O. The number of nitrogens with zero attached hydrogens (tertiary/aromatic N) is 4. The van der Waals surface area contributed by atoms with Gasteiger partial charge in [0.25, 0.3) is 11.5 Å². The molecule has 0 spiro atoms. The summed E-state index contributed by atoms with van der Waals surface area (Å²) >= 11 is 0. The van der Waals surface area contributed by atoms with Crippen LogP contribution >= 0.6 is 0 Å². The zero-order valence-corrected chi connectivity index (χ0v) is 14.6. The van der Waals surface area contributed by atoms with Gasteiger partial charge in [0.05, 0.1) is 30.3 Å². The van der Waals surface area contributed by atoms with Crippen molar-refractivity contribution in [2.45, 2.75) is 13.8 Å². The predicted molar refractivity (Wildman–Crippen MR) is 94.2 cm³/mol. The molecule has 0 radical (unpaired) electrons. The van der Waals surface area contributed by atoms with Crippen molar-refractivity contribution in [2.75, 3.05) is 36.5 Å². The first-order valence-corrected chi connectivity index (χ1v) is 8.12. The first-order valence-electron chi connectivity index (χ1n) is 8.12. The Balaban J connectivity index is 1.86. The average Bonchev–Trinajstić information content (AvgIpc) is 2.61. The number of hydrogen-bond donors (Lipinski definition) is 1. The van der Waals surface area contributed by atoms with Crippen molar-refractivity contribution in [3.63, 3.8) is 0 Å². The highest BCUT2D eigenvalue weighted by Gasteiger charge is 2.19. The molecule has 0 atom stereocenters. The second kappa shape index (κ2) is 7.02. The summed E-state index contributed by atoms with van der Waals surface area (Å²) in [7, 11) is 1.61. The van der Waals surface area contributed by atoms with Crippen LogP contribution in [0, 0.1) is 13.8 Å². The Hall–Kier alpha value is -2.74. The van der Waals surface area contributed by atoms with E-state index in [1.54, 1.807) is 19.3 Å². The molecule has 25 heavy (non-hydrogen) atoms. The van der Waals surface area contributed by atoms with Crippen molar-refractivity contribution in [1.29, 1.82) is 0 Å². The Kier molecular flexibility index (Phi) is 4.80. The minimum atomic E-state index is -0.463. The van der Waals surface area contributed by atoms with Crippen LogP contribution in [0.5, 0.6) is 0 Å². The Morgan fingerprint density at radius 2 is 1.84 bits per heavy atom. The first kappa shape index (κ1) is 17.1. The van der Waals surface area contributed by atoms with E-state index in [0.717, 1.165) is 13.1 Å². The minimum absolute atomic E-state index is 0.0843. The maximum absolute atomic E-state index is 12.5. The minimum Gasteiger partial charge on any atom is -0.378 e. The molecule has 1 saturated heterocycles. The summed E-state index contributed by atoms with van der Waals surface area (Å²) in [5.41, 5.74) is 1.60. The molecule has 3 heterocycles. The fraction of sp³-hybridized carbons (Fsp3) is 0.412. The molecule has 0 aliphatic carbocycles. The lowest BCUT2D eigenvalue weighted by atomic mass is 10.2. The van der Waals surface area contributed by atoms with Crippen LogP contribution in [-0.4, -0.2) is 46.7 Å². The van der Waals surface area contributed by atoms with Crippen LogP contribution in [0.25, 0.3) is 0 Å². The lowest BCUT2D eigenvalue weighted by Crippen LogP contribution is -2.37. The lowest BCUT2D eigenvalue weighted by Gasteiger charge is -2.27. The topological polar surface area (TPSA) is 89.3 Å². The van der Waals surface area contributed by atoms with Crippen LogP contribution in [0.1, 0.15) is 21.7 Å². The zero-order chi connectivity index (χ0) is 18.0. The van der Waals surface area contributed by atoms with Crippen molar-refractivity contribution in [3.8, 4) is 0 Å². The standard InChI is InChI=1S/C17H21N5O3/c1-11-14(20-15(23)13-5-4-6-21(3)16(13)24)12(2)19-17(18-11)22-7-9-25-10-8-22/h4-6H,7-10H2,1-3H3,(H,20,23). The van der Waals surface area contributed by atoms with E-state index in [2.05, 4.69) is 20.2 Å². The van der Waals surface area contributed by atoms with Gasteiger partial charge in [-0.3, -0.25) is 9.59 Å². The van der Waals surface area contributed by atoms with Crippen LogP contribution in [0.2, 0.25) is 0 Å². The summed E-state index contributed by atoms with van der Waals surface area (Å²) in [4.78, 5) is 35.6. The molecule has 1 N–H and O–H groups in total. The molecule has 1 aliphatic rings. The van der Waals surface area contributed by atoms with Gasteiger partial charge in [0.2, 0.25) is 5.95 Å². The third kappa shape index (κ3) is 3.53. The quantitative estimate of drug-likeness (QED) is 0.890. The average molecular weight is 343 g/mol. The number of aryl methyl sites for hydroxylation is 3. The maximum atomic E-state index is 12.5. The highest BCUT2D eigenvalue weighted by molar-refractivity contribution is 6.04. The van der Waals surface area contributed by atoms with E-state index in [0.29, 0.717) is 36.2 Å². The monoisotopic (exact) mass is 343 g/mol. The fourth-order valence-corrected chi connectivity index (χ4v) is 2.74. The van der Waals surface area contributed by atoms with Gasteiger partial charge < -0.3 is 19.5 Å². The summed E-state index contributed by atoms with van der Waals surface area (Å²) in [5.74, 6) is 0.169. The van der Waals surface area contributed by atoms with Crippen molar-refractivity contribution in [3.05, 3.63) is 45.6 Å². The van der Waals surface area contributed by atoms with Gasteiger partial charge in [-0.1, -0.05) is 0 Å². The number of hydrogen-bond acceptors (Lipinski definition) is 6. The van der Waals surface area contributed by atoms with E-state index in [-0.39, 0.29) is 11.1 Å². The fourth-order valence-electron chi connectivity index (χ4n) is 2.74. The number of ether oxygens (including phenoxy) is 1. The maximum Gasteiger partial charge on any atom is 0.263 e. The number of aromatic nitrogens is 3. The van der Waals surface area contributed by atoms with Gasteiger partial charge in [-0.15, -0.1) is 0 Å². The smallest absolute Gasteiger partial charge is 0.263 e. The van der Waals surface area contributed by atoms with Crippen LogP contribution in [0.4, 0.5) is 11.6 Å². The van der Waals surface area contributed by atoms with Gasteiger partial charge in [0.1, 0.15) is 5.56 Å². The van der Waals surface area contributed by atoms with E-state index >= 15 is 0 Å². The molecular formula is C17H21N5O3. The van der Waals surface area contributed by atoms with E-state index in [1.165, 1.54) is 10.6 Å². The Morgan fingerprint density at radius 1 is 1.20 bits per heavy atom. The normalized spacial score (nSPS) is 14.4. The molecule has 0 saturated carbocycles. The number of carbonyl (C=O) groups is 1. The molecule has 132 valence electrons. The van der Waals surface area contributed by atoms with Gasteiger partial charge in [-0.25, -0.2) is 9.97 Å². The molecule has 3 rings (SSSR count). The Labute approximate surface area is 145 Å². The van der Waals surface area contributed by atoms with Crippen LogP contribution in [0.15, 0.2) is 23.1 Å². The van der Waals surface area contributed by atoms with Crippen LogP contribution < -0.4 is 15.8 Å². The molecule has 8 nitrogen and oxygen atoms in total. The van der Waals surface area contributed by atoms with Crippen molar-refractivity contribution < 1.29 is 9.53 Å². The highest BCUT2D eigenvalue weighted by Crippen LogP contribution is 2.21. The summed E-state index contributed by atoms with van der Waals surface area (Å²) in [6, 6.07) is 3.17. The number of anilines is 2. The Morgan fingerprint density at radius 3 is 2.48 bits per heavy atom. The van der Waals surface area contributed by atoms with Gasteiger partial charge in [-0.05, 0) is 26.0 Å². The summed E-state index contributed by atoms with van der Waals surface area (Å²) in [6.45, 7) is 6.42. The third-order valence-electron chi connectivity index (χ3n) is 4.16. The Bertz CT molecular complexity index is 833. The molecule has 1 amide bonds. The number of pyridine rings is 1. The second-order valence-corrected chi connectivity index (χ2v) is 5.96. The zero-order valence-electron chi connectivity index (χ0n) is 14.6. The van der Waals surface area contributed by atoms with Gasteiger partial charge in [0, 0.05) is 26.3 Å². The van der Waals surface area contributed by atoms with Gasteiger partial charge in [-0.2, -0.15) is 0 Å². The number of nitrogens with one attached hydrogen (secondary N) is 1. The summed E-state index contributed by atoms with van der Waals surface area (Å²) in [5, 5.41) is 2.77. The van der Waals surface area contributed by atoms with Gasteiger partial charge in [0.15, 0.2) is 0 Å². The first-order chi connectivity index (χ1) is 12.0. The number of carbonyl (C=O) groups excluding carboxylic acids is 1. The van der Waals surface area contributed by atoms with Gasteiger partial charge >= 0.3 is 0 Å². The number of morpholine rings is 1. The molecule has 0 aromatic carbocycles. The molecule has 8 heteroatoms. The highest BCUT2D eigenvalue weighted by atomic mass is 16.5. The van der Waals surface area contributed by atoms with Crippen molar-refractivity contribution >= 4 is 17.5 Å². The van der Waals surface area contributed by atoms with Crippen molar-refractivity contribution in [2.24, 2.45) is 7.05 Å². The number of amides is 1. The van der Waals surface area contributed by atoms with Crippen LogP contribution in [-0.2, 0) is 11.8 Å². The summed E-state index contributed by atoms with van der Waals surface area (Å²) < 4.78 is 6.71. The van der Waals surface area contributed by atoms with Crippen molar-refractivity contribution in [1.82, 2.24) is 14.5 Å². The van der Waals surface area contributed by atoms with E-state index in [1.807, 2.05) is 13.8 Å². The molecule has 0 unspecified atom stereocenters. The second-order valence-electron chi connectivity index (χ2n) is 5.96. The molecule has 1 aliphatic heterocycles.